The average molecular weight is 753 g/mol. The van der Waals surface area contributed by atoms with Crippen LogP contribution in [0.15, 0.2) is 231 Å². The Morgan fingerprint density at radius 2 is 0.983 bits per heavy atom. The van der Waals surface area contributed by atoms with Crippen molar-refractivity contribution < 1.29 is 0 Å². The molecule has 0 saturated heterocycles. The lowest BCUT2D eigenvalue weighted by Gasteiger charge is -2.35. The van der Waals surface area contributed by atoms with Gasteiger partial charge in [-0.3, -0.25) is 0 Å². The van der Waals surface area contributed by atoms with Crippen LogP contribution in [0.5, 0.6) is 0 Å². The largest absolute Gasteiger partial charge is 0.310 e. The van der Waals surface area contributed by atoms with Gasteiger partial charge >= 0.3 is 0 Å². The Balaban J connectivity index is 1.05. The van der Waals surface area contributed by atoms with Crippen molar-refractivity contribution in [3.63, 3.8) is 0 Å². The third kappa shape index (κ3) is 5.49. The van der Waals surface area contributed by atoms with Gasteiger partial charge in [-0.15, -0.1) is 0 Å². The highest BCUT2D eigenvalue weighted by Crippen LogP contribution is 2.57. The molecule has 1 aromatic heterocycles. The molecule has 1 aliphatic rings. The Bertz CT molecular complexity index is 3140. The number of aromatic nitrogens is 1. The van der Waals surface area contributed by atoms with Crippen LogP contribution in [0, 0.1) is 0 Å². The van der Waals surface area contributed by atoms with Crippen molar-refractivity contribution >= 4 is 44.9 Å². The van der Waals surface area contributed by atoms with E-state index in [1.165, 1.54) is 72.0 Å². The summed E-state index contributed by atoms with van der Waals surface area (Å²) in [5, 5.41) is 2.50. The zero-order valence-corrected chi connectivity index (χ0v) is 32.5. The fraction of sp³-hybridized carbons (Fsp3) is 0.0175. The van der Waals surface area contributed by atoms with E-state index in [2.05, 4.69) is 241 Å². The second-order valence-corrected chi connectivity index (χ2v) is 15.4. The van der Waals surface area contributed by atoms with E-state index in [9.17, 15) is 0 Å². The van der Waals surface area contributed by atoms with Gasteiger partial charge in [0, 0.05) is 33.5 Å². The molecular formula is C57H40N2. The summed E-state index contributed by atoms with van der Waals surface area (Å²) in [5.41, 5.74) is 17.4. The number of fused-ring (bicyclic) bond motifs is 6. The van der Waals surface area contributed by atoms with Crippen molar-refractivity contribution in [1.82, 2.24) is 4.57 Å². The molecule has 0 bridgehead atoms. The number of hydrogen-bond donors (Lipinski definition) is 0. The van der Waals surface area contributed by atoms with Crippen molar-refractivity contribution in [3.05, 3.63) is 259 Å². The minimum atomic E-state index is -0.516. The van der Waals surface area contributed by atoms with Crippen LogP contribution in [0.2, 0.25) is 0 Å². The van der Waals surface area contributed by atoms with E-state index in [0.717, 1.165) is 22.6 Å². The molecule has 59 heavy (non-hydrogen) atoms. The van der Waals surface area contributed by atoms with Crippen molar-refractivity contribution in [2.24, 2.45) is 0 Å². The Kier molecular flexibility index (Phi) is 8.23. The maximum Gasteiger partial charge on any atom is 0.0714 e. The van der Waals surface area contributed by atoms with Gasteiger partial charge in [-0.1, -0.05) is 170 Å². The number of para-hydroxylation sites is 3. The SMILES string of the molecule is C=Cc1ccc(C2(c3ccccc3)c3ccccc3-c3ccc(N(c4ccccc4)c4ccc(-c5ccc6c(c5)c5ccccc5n6-c5ccccc5)cc4)cc32)cc1. The maximum atomic E-state index is 4.04. The van der Waals surface area contributed by atoms with Crippen LogP contribution in [0.3, 0.4) is 0 Å². The molecule has 2 heteroatoms. The van der Waals surface area contributed by atoms with Crippen LogP contribution < -0.4 is 4.90 Å². The number of anilines is 3. The molecule has 11 rings (SSSR count). The lowest BCUT2D eigenvalue weighted by Crippen LogP contribution is -2.28. The molecule has 0 N–H and O–H groups in total. The van der Waals surface area contributed by atoms with Crippen LogP contribution in [-0.4, -0.2) is 4.57 Å². The lowest BCUT2D eigenvalue weighted by molar-refractivity contribution is 0.768. The molecule has 9 aromatic carbocycles. The molecule has 1 unspecified atom stereocenters. The van der Waals surface area contributed by atoms with Crippen molar-refractivity contribution in [1.29, 1.82) is 0 Å². The predicted octanol–water partition coefficient (Wildman–Crippen LogP) is 14.9. The normalized spacial score (nSPS) is 14.2. The highest BCUT2D eigenvalue weighted by atomic mass is 15.1. The summed E-state index contributed by atoms with van der Waals surface area (Å²) in [7, 11) is 0. The zero-order chi connectivity index (χ0) is 39.3. The van der Waals surface area contributed by atoms with Gasteiger partial charge in [-0.25, -0.2) is 0 Å². The van der Waals surface area contributed by atoms with Crippen LogP contribution in [0.25, 0.3) is 55.8 Å². The standard InChI is InChI=1S/C57H40N2/c1-2-40-26-31-44(32-27-40)57(43-16-6-3-7-17-43)53-24-14-12-22-49(53)50-36-35-48(39-54(50)57)58(45-18-8-4-9-19-45)47-33-28-41(29-34-47)42-30-37-56-52(38-42)51-23-13-15-25-55(51)59(56)46-20-10-5-11-21-46/h2-39H,1H2. The molecule has 0 amide bonds. The highest BCUT2D eigenvalue weighted by molar-refractivity contribution is 6.10. The average Bonchev–Trinajstić information content (AvgIpc) is 3.80. The molecule has 1 heterocycles. The Hall–Kier alpha value is -7.68. The quantitative estimate of drug-likeness (QED) is 0.150. The number of nitrogens with zero attached hydrogens (tertiary/aromatic N) is 2. The minimum Gasteiger partial charge on any atom is -0.310 e. The zero-order valence-electron chi connectivity index (χ0n) is 32.5. The van der Waals surface area contributed by atoms with E-state index >= 15 is 0 Å². The topological polar surface area (TPSA) is 8.17 Å². The molecule has 0 spiro atoms. The van der Waals surface area contributed by atoms with Crippen molar-refractivity contribution in [2.45, 2.75) is 5.41 Å². The molecular weight excluding hydrogens is 713 g/mol. The third-order valence-electron chi connectivity index (χ3n) is 12.2. The van der Waals surface area contributed by atoms with Gasteiger partial charge in [0.15, 0.2) is 0 Å². The highest BCUT2D eigenvalue weighted by Gasteiger charge is 2.46. The van der Waals surface area contributed by atoms with E-state index in [1.807, 2.05) is 6.08 Å². The minimum absolute atomic E-state index is 0.516. The third-order valence-corrected chi connectivity index (χ3v) is 12.2. The first-order valence-corrected chi connectivity index (χ1v) is 20.3. The summed E-state index contributed by atoms with van der Waals surface area (Å²) < 4.78 is 2.37. The van der Waals surface area contributed by atoms with E-state index in [-0.39, 0.29) is 0 Å². The summed E-state index contributed by atoms with van der Waals surface area (Å²) in [4.78, 5) is 2.39. The van der Waals surface area contributed by atoms with Gasteiger partial charge in [0.1, 0.15) is 0 Å². The molecule has 1 aliphatic carbocycles. The monoisotopic (exact) mass is 752 g/mol. The maximum absolute atomic E-state index is 4.04. The second kappa shape index (κ2) is 14.1. The number of hydrogen-bond acceptors (Lipinski definition) is 1. The van der Waals surface area contributed by atoms with E-state index in [1.54, 1.807) is 0 Å². The summed E-state index contributed by atoms with van der Waals surface area (Å²) in [6.07, 6.45) is 1.92. The molecule has 0 fully saturated rings. The van der Waals surface area contributed by atoms with Gasteiger partial charge in [0.05, 0.1) is 16.4 Å². The van der Waals surface area contributed by atoms with Crippen LogP contribution in [0.4, 0.5) is 17.1 Å². The summed E-state index contributed by atoms with van der Waals surface area (Å²) >= 11 is 0. The Morgan fingerprint density at radius 1 is 0.407 bits per heavy atom. The Morgan fingerprint density at radius 3 is 1.75 bits per heavy atom. The van der Waals surface area contributed by atoms with Crippen LogP contribution >= 0.6 is 0 Å². The number of rotatable bonds is 8. The van der Waals surface area contributed by atoms with Gasteiger partial charge < -0.3 is 9.47 Å². The summed E-state index contributed by atoms with van der Waals surface area (Å²) in [6.45, 7) is 4.04. The molecule has 0 saturated carbocycles. The fourth-order valence-corrected chi connectivity index (χ4v) is 9.59. The van der Waals surface area contributed by atoms with Gasteiger partial charge in [-0.05, 0) is 117 Å². The summed E-state index contributed by atoms with van der Waals surface area (Å²) in [6, 6.07) is 82.0. The van der Waals surface area contributed by atoms with Crippen molar-refractivity contribution in [2.75, 3.05) is 4.90 Å². The smallest absolute Gasteiger partial charge is 0.0714 e. The van der Waals surface area contributed by atoms with E-state index < -0.39 is 5.41 Å². The van der Waals surface area contributed by atoms with Gasteiger partial charge in [-0.2, -0.15) is 0 Å². The second-order valence-electron chi connectivity index (χ2n) is 15.4. The van der Waals surface area contributed by atoms with Gasteiger partial charge in [0.25, 0.3) is 0 Å². The molecule has 0 radical (unpaired) electrons. The van der Waals surface area contributed by atoms with Gasteiger partial charge in [0.2, 0.25) is 0 Å². The Labute approximate surface area is 345 Å². The van der Waals surface area contributed by atoms with Crippen LogP contribution in [-0.2, 0) is 5.41 Å². The van der Waals surface area contributed by atoms with E-state index in [4.69, 9.17) is 0 Å². The molecule has 0 aliphatic heterocycles. The summed E-state index contributed by atoms with van der Waals surface area (Å²) in [5.74, 6) is 0. The molecule has 10 aromatic rings. The molecule has 2 nitrogen and oxygen atoms in total. The first-order valence-electron chi connectivity index (χ1n) is 20.3. The first kappa shape index (κ1) is 34.6. The lowest BCUT2D eigenvalue weighted by atomic mass is 9.67. The van der Waals surface area contributed by atoms with E-state index in [0.29, 0.717) is 0 Å². The number of benzene rings is 9. The van der Waals surface area contributed by atoms with Crippen LogP contribution in [0.1, 0.15) is 27.8 Å². The fourth-order valence-electron chi connectivity index (χ4n) is 9.59. The van der Waals surface area contributed by atoms with Crippen molar-refractivity contribution in [3.8, 4) is 27.9 Å². The first-order chi connectivity index (χ1) is 29.2. The molecule has 278 valence electrons. The predicted molar refractivity (Wildman–Crippen MR) is 248 cm³/mol. The molecule has 1 atom stereocenters.